The van der Waals surface area contributed by atoms with Gasteiger partial charge < -0.3 is 15.5 Å². The van der Waals surface area contributed by atoms with Gasteiger partial charge in [-0.2, -0.15) is 0 Å². The summed E-state index contributed by atoms with van der Waals surface area (Å²) in [6.07, 6.45) is 9.73. The van der Waals surface area contributed by atoms with Gasteiger partial charge in [0.25, 0.3) is 0 Å². The summed E-state index contributed by atoms with van der Waals surface area (Å²) in [5, 5.41) is 8.47. The normalized spacial score (nSPS) is 31.9. The summed E-state index contributed by atoms with van der Waals surface area (Å²) < 4.78 is 0. The van der Waals surface area contributed by atoms with Crippen LogP contribution in [0.3, 0.4) is 0 Å². The molecule has 1 aliphatic carbocycles. The van der Waals surface area contributed by atoms with Crippen molar-refractivity contribution in [3.8, 4) is 0 Å². The summed E-state index contributed by atoms with van der Waals surface area (Å²) in [6, 6.07) is 11.4. The predicted molar refractivity (Wildman–Crippen MR) is 142 cm³/mol. The molecular formula is C29H40N4OS. The summed E-state index contributed by atoms with van der Waals surface area (Å²) in [6.45, 7) is 6.50. The number of rotatable bonds is 3. The molecule has 4 atom stereocenters. The molecule has 3 fully saturated rings. The van der Waals surface area contributed by atoms with Crippen molar-refractivity contribution in [1.82, 2.24) is 20.5 Å². The molecule has 1 aromatic carbocycles. The van der Waals surface area contributed by atoms with Crippen LogP contribution in [0.25, 0.3) is 0 Å². The lowest BCUT2D eigenvalue weighted by Crippen LogP contribution is -2.56. The number of amides is 1. The first-order valence-corrected chi connectivity index (χ1v) is 14.7. The fourth-order valence-corrected chi connectivity index (χ4v) is 8.80. The summed E-state index contributed by atoms with van der Waals surface area (Å²) >= 11 is 1.83. The molecule has 2 aromatic rings. The van der Waals surface area contributed by atoms with Crippen molar-refractivity contribution in [3.05, 3.63) is 51.5 Å². The molecule has 4 aliphatic rings. The fraction of sp³-hybridized carbons (Fsp3) is 0.655. The van der Waals surface area contributed by atoms with Crippen LogP contribution in [0.15, 0.2) is 30.3 Å². The van der Waals surface area contributed by atoms with Gasteiger partial charge in [0, 0.05) is 55.5 Å². The molecule has 188 valence electrons. The van der Waals surface area contributed by atoms with Gasteiger partial charge in [0.1, 0.15) is 0 Å². The number of benzene rings is 1. The summed E-state index contributed by atoms with van der Waals surface area (Å²) in [7, 11) is 0. The lowest BCUT2D eigenvalue weighted by Gasteiger charge is -2.47. The maximum absolute atomic E-state index is 14.5. The van der Waals surface area contributed by atoms with Crippen molar-refractivity contribution in [2.75, 3.05) is 32.7 Å². The molecule has 1 spiro atoms. The number of aromatic nitrogens is 1. The average molecular weight is 493 g/mol. The molecule has 1 saturated carbocycles. The van der Waals surface area contributed by atoms with E-state index in [1.807, 2.05) is 11.3 Å². The third kappa shape index (κ3) is 4.36. The fourth-order valence-electron chi connectivity index (χ4n) is 7.60. The number of nitrogens with zero attached hydrogens (tertiary/aromatic N) is 2. The van der Waals surface area contributed by atoms with Gasteiger partial charge >= 0.3 is 0 Å². The largest absolute Gasteiger partial charge is 0.339 e. The highest BCUT2D eigenvalue weighted by molar-refractivity contribution is 7.11. The number of nitrogens with one attached hydrogen (secondary N) is 2. The molecule has 0 bridgehead atoms. The van der Waals surface area contributed by atoms with E-state index in [0.717, 1.165) is 57.0 Å². The van der Waals surface area contributed by atoms with Crippen LogP contribution in [0.5, 0.6) is 0 Å². The molecule has 1 aromatic heterocycles. The first kappa shape index (κ1) is 23.6. The Kier molecular flexibility index (Phi) is 6.72. The minimum atomic E-state index is -0.164. The number of hydrogen-bond acceptors (Lipinski definition) is 5. The van der Waals surface area contributed by atoms with E-state index in [1.165, 1.54) is 48.2 Å². The van der Waals surface area contributed by atoms with Crippen LogP contribution in [-0.4, -0.2) is 54.6 Å². The Balaban J connectivity index is 1.31. The van der Waals surface area contributed by atoms with E-state index in [0.29, 0.717) is 23.8 Å². The van der Waals surface area contributed by atoms with E-state index >= 15 is 0 Å². The second kappa shape index (κ2) is 9.95. The van der Waals surface area contributed by atoms with Crippen molar-refractivity contribution in [1.29, 1.82) is 0 Å². The highest BCUT2D eigenvalue weighted by Gasteiger charge is 2.53. The van der Waals surface area contributed by atoms with E-state index in [1.54, 1.807) is 0 Å². The summed E-state index contributed by atoms with van der Waals surface area (Å²) in [5.41, 5.74) is 2.52. The topological polar surface area (TPSA) is 57.3 Å². The molecule has 2 saturated heterocycles. The minimum absolute atomic E-state index is 0.00827. The van der Waals surface area contributed by atoms with Crippen molar-refractivity contribution in [2.24, 2.45) is 11.8 Å². The van der Waals surface area contributed by atoms with E-state index in [4.69, 9.17) is 4.98 Å². The second-order valence-electron chi connectivity index (χ2n) is 11.4. The minimum Gasteiger partial charge on any atom is -0.339 e. The number of fused-ring (bicyclic) bond motifs is 2. The Morgan fingerprint density at radius 3 is 2.71 bits per heavy atom. The van der Waals surface area contributed by atoms with Gasteiger partial charge in [0.15, 0.2) is 0 Å². The Morgan fingerprint density at radius 1 is 1.09 bits per heavy atom. The van der Waals surface area contributed by atoms with Crippen LogP contribution in [-0.2, 0) is 16.6 Å². The lowest BCUT2D eigenvalue weighted by atomic mass is 9.72. The van der Waals surface area contributed by atoms with Crippen LogP contribution in [0.4, 0.5) is 0 Å². The molecule has 6 rings (SSSR count). The SMILES string of the molecule is Cc1nc2c(s1)[C@]1(CNCC2)CNCC1C(=O)N1CC[C@@H](c2ccccc2)C[C@H]1C1CCCCC1. The van der Waals surface area contributed by atoms with Crippen LogP contribution in [0.2, 0.25) is 0 Å². The van der Waals surface area contributed by atoms with Crippen molar-refractivity contribution < 1.29 is 4.79 Å². The highest BCUT2D eigenvalue weighted by atomic mass is 32.1. The zero-order valence-electron chi connectivity index (χ0n) is 21.1. The Bertz CT molecular complexity index is 1030. The Morgan fingerprint density at radius 2 is 1.89 bits per heavy atom. The molecule has 1 amide bonds. The number of aryl methyl sites for hydroxylation is 1. The average Bonchev–Trinajstić information content (AvgIpc) is 3.46. The maximum atomic E-state index is 14.5. The van der Waals surface area contributed by atoms with Crippen molar-refractivity contribution in [2.45, 2.75) is 75.7 Å². The van der Waals surface area contributed by atoms with Gasteiger partial charge in [0.05, 0.1) is 16.6 Å². The smallest absolute Gasteiger partial charge is 0.228 e. The van der Waals surface area contributed by atoms with Crippen molar-refractivity contribution in [3.63, 3.8) is 0 Å². The molecule has 3 aliphatic heterocycles. The Hall–Kier alpha value is -1.76. The molecule has 6 heteroatoms. The lowest BCUT2D eigenvalue weighted by molar-refractivity contribution is -0.142. The molecule has 4 heterocycles. The summed E-state index contributed by atoms with van der Waals surface area (Å²) in [4.78, 5) is 23.2. The number of piperidine rings is 1. The molecule has 1 unspecified atom stereocenters. The predicted octanol–water partition coefficient (Wildman–Crippen LogP) is 4.41. The van der Waals surface area contributed by atoms with Gasteiger partial charge in [-0.25, -0.2) is 4.98 Å². The maximum Gasteiger partial charge on any atom is 0.228 e. The summed E-state index contributed by atoms with van der Waals surface area (Å²) in [5.74, 6) is 1.61. The zero-order valence-corrected chi connectivity index (χ0v) is 21.9. The third-order valence-corrected chi connectivity index (χ3v) is 10.6. The molecule has 2 N–H and O–H groups in total. The van der Waals surface area contributed by atoms with Gasteiger partial charge in [-0.05, 0) is 50.0 Å². The number of likely N-dealkylation sites (tertiary alicyclic amines) is 1. The molecule has 35 heavy (non-hydrogen) atoms. The van der Waals surface area contributed by atoms with Crippen molar-refractivity contribution >= 4 is 17.2 Å². The number of carbonyl (C=O) groups is 1. The van der Waals surface area contributed by atoms with Gasteiger partial charge in [-0.15, -0.1) is 11.3 Å². The van der Waals surface area contributed by atoms with Crippen LogP contribution in [0.1, 0.15) is 72.0 Å². The van der Waals surface area contributed by atoms with Gasteiger partial charge in [-0.1, -0.05) is 49.6 Å². The molecular weight excluding hydrogens is 452 g/mol. The first-order chi connectivity index (χ1) is 17.2. The van der Waals surface area contributed by atoms with Crippen LogP contribution < -0.4 is 10.6 Å². The van der Waals surface area contributed by atoms with Gasteiger partial charge in [0.2, 0.25) is 5.91 Å². The first-order valence-electron chi connectivity index (χ1n) is 13.9. The number of thiazole rings is 1. The highest BCUT2D eigenvalue weighted by Crippen LogP contribution is 2.45. The van der Waals surface area contributed by atoms with Crippen LogP contribution in [0, 0.1) is 18.8 Å². The van der Waals surface area contributed by atoms with E-state index in [9.17, 15) is 4.79 Å². The number of hydrogen-bond donors (Lipinski definition) is 2. The molecule has 0 radical (unpaired) electrons. The van der Waals surface area contributed by atoms with E-state index in [-0.39, 0.29) is 11.3 Å². The monoisotopic (exact) mass is 492 g/mol. The Labute approximate surface area is 214 Å². The van der Waals surface area contributed by atoms with Gasteiger partial charge in [-0.3, -0.25) is 4.79 Å². The standard InChI is InChI=1S/C29H40N4OS/c1-20-32-25-12-14-30-18-29(27(25)35-20)19-31-17-24(29)28(34)33-15-13-23(21-8-4-2-5-9-21)16-26(33)22-10-6-3-7-11-22/h2,4-5,8-9,22-24,26,30-31H,3,6-7,10-19H2,1H3/t23-,24?,26+,29-/m1/s1. The van der Waals surface area contributed by atoms with E-state index < -0.39 is 0 Å². The quantitative estimate of drug-likeness (QED) is 0.667. The van der Waals surface area contributed by atoms with Crippen LogP contribution >= 0.6 is 11.3 Å². The second-order valence-corrected chi connectivity index (χ2v) is 12.6. The third-order valence-electron chi connectivity index (χ3n) is 9.38. The van der Waals surface area contributed by atoms with E-state index in [2.05, 4.69) is 52.8 Å². The molecule has 5 nitrogen and oxygen atoms in total. The zero-order chi connectivity index (χ0) is 23.8. The number of carbonyl (C=O) groups excluding carboxylic acids is 1.